The van der Waals surface area contributed by atoms with Gasteiger partial charge in [-0.2, -0.15) is 0 Å². The largest absolute Gasteiger partial charge is 0.375 e. The molecule has 1 spiro atoms. The fourth-order valence-corrected chi connectivity index (χ4v) is 10.1. The number of hydrogen-bond donors (Lipinski definition) is 0. The number of amides is 1. The molecule has 0 saturated carbocycles. The van der Waals surface area contributed by atoms with Crippen molar-refractivity contribution in [3.05, 3.63) is 71.4 Å². The second kappa shape index (κ2) is 8.40. The van der Waals surface area contributed by atoms with Crippen LogP contribution in [0, 0.1) is 11.8 Å². The minimum absolute atomic E-state index is 0.00935. The molecular formula is C27H30N2O2S2. The molecule has 6 heteroatoms. The van der Waals surface area contributed by atoms with Crippen LogP contribution in [0.2, 0.25) is 0 Å². The van der Waals surface area contributed by atoms with Crippen molar-refractivity contribution in [2.75, 3.05) is 24.7 Å². The minimum atomic E-state index is -0.00935. The molecule has 33 heavy (non-hydrogen) atoms. The van der Waals surface area contributed by atoms with Gasteiger partial charge in [0.05, 0.1) is 24.9 Å². The standard InChI is InChI=1S/C27H30N2O2S2/c1-18-21-16-23(29(26(18)30)12-13-31-17-19-8-4-3-5-9-19)24-20-10-6-7-11-22(20)28(2)25(24)27(21)32-14-15-33-27/h3-11,18,21,23H,12-17H2,1-2H3/t18-,21+,23+/m0/s1. The lowest BCUT2D eigenvalue weighted by atomic mass is 9.71. The Bertz CT molecular complexity index is 1190. The highest BCUT2D eigenvalue weighted by molar-refractivity contribution is 8.20. The summed E-state index contributed by atoms with van der Waals surface area (Å²) in [6.07, 6.45) is 1.05. The summed E-state index contributed by atoms with van der Waals surface area (Å²) in [7, 11) is 2.23. The van der Waals surface area contributed by atoms with Crippen LogP contribution < -0.4 is 0 Å². The summed E-state index contributed by atoms with van der Waals surface area (Å²) in [4.78, 5) is 15.9. The number of aryl methyl sites for hydroxylation is 1. The third-order valence-electron chi connectivity index (χ3n) is 7.73. The number of carbonyl (C=O) groups excluding carboxylic acids is 1. The number of thioether (sulfide) groups is 2. The van der Waals surface area contributed by atoms with Gasteiger partial charge >= 0.3 is 0 Å². The summed E-state index contributed by atoms with van der Waals surface area (Å²) in [5, 5.41) is 1.31. The van der Waals surface area contributed by atoms with E-state index >= 15 is 0 Å². The molecule has 4 nitrogen and oxygen atoms in total. The lowest BCUT2D eigenvalue weighted by Gasteiger charge is -2.53. The zero-order chi connectivity index (χ0) is 22.6. The molecule has 3 aliphatic rings. The van der Waals surface area contributed by atoms with E-state index in [1.165, 1.54) is 27.7 Å². The Morgan fingerprint density at radius 2 is 1.79 bits per heavy atom. The first kappa shape index (κ1) is 21.6. The summed E-state index contributed by atoms with van der Waals surface area (Å²) in [5.74, 6) is 3.00. The SMILES string of the molecule is C[C@@H]1C(=O)N(CCOCc2ccccc2)[C@@H]2C[C@H]1C1(SCCS1)c1c2c2ccccc2n1C. The van der Waals surface area contributed by atoms with Crippen molar-refractivity contribution < 1.29 is 9.53 Å². The minimum Gasteiger partial charge on any atom is -0.375 e. The van der Waals surface area contributed by atoms with E-state index in [0.717, 1.165) is 17.9 Å². The maximum absolute atomic E-state index is 13.7. The molecule has 6 rings (SSSR count). The Balaban J connectivity index is 1.36. The molecule has 0 radical (unpaired) electrons. The first-order valence-corrected chi connectivity index (χ1v) is 13.9. The monoisotopic (exact) mass is 478 g/mol. The molecule has 2 aromatic carbocycles. The van der Waals surface area contributed by atoms with Crippen LogP contribution in [0.15, 0.2) is 54.6 Å². The Hall–Kier alpha value is -1.89. The van der Waals surface area contributed by atoms with Gasteiger partial charge in [0.15, 0.2) is 0 Å². The average molecular weight is 479 g/mol. The molecule has 2 bridgehead atoms. The highest BCUT2D eigenvalue weighted by Gasteiger charge is 2.59. The number of piperidine rings is 1. The van der Waals surface area contributed by atoms with Crippen LogP contribution in [0.3, 0.4) is 0 Å². The first-order chi connectivity index (χ1) is 16.1. The molecule has 172 valence electrons. The molecule has 3 heterocycles. The number of carbonyl (C=O) groups is 1. The number of ether oxygens (including phenoxy) is 1. The van der Waals surface area contributed by atoms with Crippen molar-refractivity contribution in [3.63, 3.8) is 0 Å². The van der Waals surface area contributed by atoms with Crippen molar-refractivity contribution in [1.82, 2.24) is 9.47 Å². The number of nitrogens with zero attached hydrogens (tertiary/aromatic N) is 2. The van der Waals surface area contributed by atoms with Crippen LogP contribution >= 0.6 is 23.5 Å². The summed E-state index contributed by atoms with van der Waals surface area (Å²) < 4.78 is 8.43. The van der Waals surface area contributed by atoms with Crippen LogP contribution in [0.25, 0.3) is 10.9 Å². The van der Waals surface area contributed by atoms with Crippen LogP contribution in [-0.2, 0) is 27.3 Å². The van der Waals surface area contributed by atoms with Crippen molar-refractivity contribution in [1.29, 1.82) is 0 Å². The third-order valence-corrected chi connectivity index (χ3v) is 11.4. The van der Waals surface area contributed by atoms with E-state index in [1.54, 1.807) is 0 Å². The maximum atomic E-state index is 13.7. The molecule has 3 atom stereocenters. The molecule has 1 amide bonds. The van der Waals surface area contributed by atoms with Crippen molar-refractivity contribution >= 4 is 40.3 Å². The van der Waals surface area contributed by atoms with Gasteiger partial charge in [-0.15, -0.1) is 23.5 Å². The van der Waals surface area contributed by atoms with E-state index in [0.29, 0.717) is 31.6 Å². The molecule has 3 aromatic rings. The summed E-state index contributed by atoms with van der Waals surface area (Å²) in [5.41, 5.74) is 5.28. The van der Waals surface area contributed by atoms with Gasteiger partial charge in [-0.25, -0.2) is 0 Å². The summed E-state index contributed by atoms with van der Waals surface area (Å²) >= 11 is 4.16. The zero-order valence-corrected chi connectivity index (χ0v) is 20.8. The van der Waals surface area contributed by atoms with Gasteiger partial charge in [0.1, 0.15) is 4.08 Å². The lowest BCUT2D eigenvalue weighted by molar-refractivity contribution is -0.147. The number of para-hydroxylation sites is 1. The predicted molar refractivity (Wildman–Crippen MR) is 137 cm³/mol. The van der Waals surface area contributed by atoms with Gasteiger partial charge in [-0.05, 0) is 18.1 Å². The predicted octanol–water partition coefficient (Wildman–Crippen LogP) is 5.57. The van der Waals surface area contributed by atoms with E-state index in [2.05, 4.69) is 83.4 Å². The van der Waals surface area contributed by atoms with Crippen molar-refractivity contribution in [2.24, 2.45) is 18.9 Å². The molecule has 2 aliphatic heterocycles. The van der Waals surface area contributed by atoms with Gasteiger partial charge in [-0.3, -0.25) is 4.79 Å². The Morgan fingerprint density at radius 3 is 2.58 bits per heavy atom. The topological polar surface area (TPSA) is 34.5 Å². The number of fused-ring (bicyclic) bond motifs is 8. The Labute approximate surface area is 204 Å². The van der Waals surface area contributed by atoms with E-state index in [4.69, 9.17) is 4.74 Å². The van der Waals surface area contributed by atoms with E-state index < -0.39 is 0 Å². The van der Waals surface area contributed by atoms with Gasteiger partial charge in [0, 0.05) is 53.4 Å². The van der Waals surface area contributed by atoms with Crippen molar-refractivity contribution in [3.8, 4) is 0 Å². The fraction of sp³-hybridized carbons (Fsp3) is 0.444. The van der Waals surface area contributed by atoms with Crippen LogP contribution in [0.1, 0.15) is 36.2 Å². The molecular weight excluding hydrogens is 448 g/mol. The van der Waals surface area contributed by atoms with Crippen molar-refractivity contribution in [2.45, 2.75) is 30.1 Å². The highest BCUT2D eigenvalue weighted by atomic mass is 32.2. The molecule has 2 saturated heterocycles. The average Bonchev–Trinajstić information content (AvgIpc) is 3.44. The van der Waals surface area contributed by atoms with E-state index in [9.17, 15) is 4.79 Å². The number of aromatic nitrogens is 1. The molecule has 1 aliphatic carbocycles. The lowest BCUT2D eigenvalue weighted by Crippen LogP contribution is -2.54. The van der Waals surface area contributed by atoms with E-state index in [1.807, 2.05) is 18.2 Å². The normalized spacial score (nSPS) is 25.7. The van der Waals surface area contributed by atoms with Gasteiger partial charge in [0.2, 0.25) is 5.91 Å². The molecule has 1 aromatic heterocycles. The van der Waals surface area contributed by atoms with E-state index in [-0.39, 0.29) is 16.0 Å². The quantitative estimate of drug-likeness (QED) is 0.449. The Morgan fingerprint density at radius 1 is 1.06 bits per heavy atom. The summed E-state index contributed by atoms with van der Waals surface area (Å²) in [6.45, 7) is 3.95. The number of rotatable bonds is 5. The van der Waals surface area contributed by atoms with Crippen LogP contribution in [0.5, 0.6) is 0 Å². The molecule has 2 fully saturated rings. The summed E-state index contributed by atoms with van der Waals surface area (Å²) in [6, 6.07) is 19.1. The number of benzene rings is 2. The fourth-order valence-electron chi connectivity index (χ4n) is 6.25. The zero-order valence-electron chi connectivity index (χ0n) is 19.2. The number of hydrogen-bond acceptors (Lipinski definition) is 4. The van der Waals surface area contributed by atoms with Gasteiger partial charge < -0.3 is 14.2 Å². The van der Waals surface area contributed by atoms with Crippen LogP contribution in [-0.4, -0.2) is 40.0 Å². The maximum Gasteiger partial charge on any atom is 0.226 e. The number of likely N-dealkylation sites (tertiary alicyclic amines) is 1. The van der Waals surface area contributed by atoms with Gasteiger partial charge in [-0.1, -0.05) is 55.5 Å². The molecule has 0 unspecified atom stereocenters. The van der Waals surface area contributed by atoms with Gasteiger partial charge in [0.25, 0.3) is 0 Å². The van der Waals surface area contributed by atoms with Crippen LogP contribution in [0.4, 0.5) is 0 Å². The third kappa shape index (κ3) is 3.28. The second-order valence-electron chi connectivity index (χ2n) is 9.42. The highest BCUT2D eigenvalue weighted by Crippen LogP contribution is 2.67. The smallest absolute Gasteiger partial charge is 0.226 e. The molecule has 0 N–H and O–H groups in total. The first-order valence-electron chi connectivity index (χ1n) is 11.9. The Kier molecular flexibility index (Phi) is 5.51. The second-order valence-corrected chi connectivity index (χ2v) is 12.4.